The number of hydrogen-bond donors (Lipinski definition) is 1. The van der Waals surface area contributed by atoms with E-state index in [4.69, 9.17) is 5.73 Å². The van der Waals surface area contributed by atoms with Crippen LogP contribution in [-0.2, 0) is 11.2 Å². The molecule has 2 heterocycles. The van der Waals surface area contributed by atoms with E-state index in [1.807, 2.05) is 11.0 Å². The maximum absolute atomic E-state index is 12.2. The highest BCUT2D eigenvalue weighted by Crippen LogP contribution is 2.28. The second kappa shape index (κ2) is 4.35. The number of likely N-dealkylation sites (tertiary alicyclic amines) is 1. The van der Waals surface area contributed by atoms with E-state index in [0.717, 1.165) is 25.1 Å². The number of nitrogen functional groups attached to an aromatic ring is 1. The van der Waals surface area contributed by atoms with Crippen LogP contribution in [0.25, 0.3) is 0 Å². The average Bonchev–Trinajstić information content (AvgIpc) is 2.61. The van der Waals surface area contributed by atoms with E-state index in [9.17, 15) is 4.79 Å². The van der Waals surface area contributed by atoms with Gasteiger partial charge in [-0.2, -0.15) is 0 Å². The zero-order valence-electron chi connectivity index (χ0n) is 10.4. The molecule has 1 saturated heterocycles. The van der Waals surface area contributed by atoms with Gasteiger partial charge in [0.15, 0.2) is 0 Å². The summed E-state index contributed by atoms with van der Waals surface area (Å²) in [5.74, 6) is 0.157. The van der Waals surface area contributed by atoms with Gasteiger partial charge < -0.3 is 10.6 Å². The van der Waals surface area contributed by atoms with Crippen molar-refractivity contribution < 1.29 is 4.79 Å². The van der Waals surface area contributed by atoms with Crippen LogP contribution >= 0.6 is 0 Å². The Morgan fingerprint density at radius 3 is 2.82 bits per heavy atom. The van der Waals surface area contributed by atoms with Gasteiger partial charge in [0.05, 0.1) is 18.3 Å². The molecule has 1 aliphatic heterocycles. The maximum Gasteiger partial charge on any atom is 0.229 e. The SMILES string of the molecule is CC1(C)CCCN1C(=O)Cc1ccc(N)cn1. The fourth-order valence-corrected chi connectivity index (χ4v) is 2.36. The molecule has 1 aromatic heterocycles. The molecule has 0 aromatic carbocycles. The Bertz CT molecular complexity index is 411. The lowest BCUT2D eigenvalue weighted by Crippen LogP contribution is -2.43. The fraction of sp³-hybridized carbons (Fsp3) is 0.538. The molecule has 0 aliphatic carbocycles. The Hall–Kier alpha value is -1.58. The number of hydrogen-bond acceptors (Lipinski definition) is 3. The van der Waals surface area contributed by atoms with E-state index in [1.54, 1.807) is 12.3 Å². The van der Waals surface area contributed by atoms with Gasteiger partial charge >= 0.3 is 0 Å². The van der Waals surface area contributed by atoms with E-state index in [-0.39, 0.29) is 11.4 Å². The molecule has 0 radical (unpaired) electrons. The van der Waals surface area contributed by atoms with Crippen LogP contribution in [0.2, 0.25) is 0 Å². The van der Waals surface area contributed by atoms with Gasteiger partial charge in [-0.05, 0) is 38.8 Å². The number of nitrogens with two attached hydrogens (primary N) is 1. The summed E-state index contributed by atoms with van der Waals surface area (Å²) < 4.78 is 0. The van der Waals surface area contributed by atoms with Crippen molar-refractivity contribution in [1.82, 2.24) is 9.88 Å². The molecule has 1 aliphatic rings. The van der Waals surface area contributed by atoms with Gasteiger partial charge in [-0.25, -0.2) is 0 Å². The Morgan fingerprint density at radius 1 is 1.53 bits per heavy atom. The van der Waals surface area contributed by atoms with Crippen molar-refractivity contribution in [2.45, 2.75) is 38.6 Å². The first kappa shape index (κ1) is 11.9. The zero-order valence-corrected chi connectivity index (χ0v) is 10.4. The minimum atomic E-state index is -0.00904. The van der Waals surface area contributed by atoms with Gasteiger partial charge in [0.1, 0.15) is 0 Å². The lowest BCUT2D eigenvalue weighted by Gasteiger charge is -2.31. The summed E-state index contributed by atoms with van der Waals surface area (Å²) in [6.45, 7) is 5.10. The number of anilines is 1. The summed E-state index contributed by atoms with van der Waals surface area (Å²) in [7, 11) is 0. The Morgan fingerprint density at radius 2 is 2.29 bits per heavy atom. The molecule has 92 valence electrons. The molecule has 1 aromatic rings. The molecule has 2 rings (SSSR count). The van der Waals surface area contributed by atoms with Crippen LogP contribution in [0.1, 0.15) is 32.4 Å². The summed E-state index contributed by atoms with van der Waals surface area (Å²) in [6.07, 6.45) is 4.13. The van der Waals surface area contributed by atoms with Crippen LogP contribution in [0.15, 0.2) is 18.3 Å². The van der Waals surface area contributed by atoms with E-state index in [2.05, 4.69) is 18.8 Å². The van der Waals surface area contributed by atoms with Crippen LogP contribution in [0.5, 0.6) is 0 Å². The number of carbonyl (C=O) groups is 1. The third-order valence-corrected chi connectivity index (χ3v) is 3.38. The van der Waals surface area contributed by atoms with E-state index in [1.165, 1.54) is 0 Å². The third kappa shape index (κ3) is 2.57. The number of rotatable bonds is 2. The molecule has 1 fully saturated rings. The van der Waals surface area contributed by atoms with Crippen molar-refractivity contribution in [3.63, 3.8) is 0 Å². The van der Waals surface area contributed by atoms with E-state index >= 15 is 0 Å². The highest BCUT2D eigenvalue weighted by molar-refractivity contribution is 5.79. The second-order valence-electron chi connectivity index (χ2n) is 5.22. The summed E-state index contributed by atoms with van der Waals surface area (Å²) in [5.41, 5.74) is 6.97. The van der Waals surface area contributed by atoms with Gasteiger partial charge in [0.25, 0.3) is 0 Å². The molecular formula is C13H19N3O. The number of nitrogens with zero attached hydrogens (tertiary/aromatic N) is 2. The number of amides is 1. The predicted octanol–water partition coefficient (Wildman–Crippen LogP) is 1.61. The first-order valence-electron chi connectivity index (χ1n) is 6.00. The van der Waals surface area contributed by atoms with E-state index in [0.29, 0.717) is 12.1 Å². The number of carbonyl (C=O) groups excluding carboxylic acids is 1. The fourth-order valence-electron chi connectivity index (χ4n) is 2.36. The van der Waals surface area contributed by atoms with Crippen molar-refractivity contribution in [3.8, 4) is 0 Å². The lowest BCUT2D eigenvalue weighted by molar-refractivity contribution is -0.133. The first-order chi connectivity index (χ1) is 7.99. The van der Waals surface area contributed by atoms with Crippen molar-refractivity contribution in [3.05, 3.63) is 24.0 Å². The molecule has 17 heavy (non-hydrogen) atoms. The highest BCUT2D eigenvalue weighted by atomic mass is 16.2. The molecule has 4 nitrogen and oxygen atoms in total. The summed E-state index contributed by atoms with van der Waals surface area (Å²) >= 11 is 0. The Labute approximate surface area is 102 Å². The Kier molecular flexibility index (Phi) is 3.05. The summed E-state index contributed by atoms with van der Waals surface area (Å²) in [6, 6.07) is 3.60. The van der Waals surface area contributed by atoms with Crippen LogP contribution < -0.4 is 5.73 Å². The minimum absolute atomic E-state index is 0.00904. The van der Waals surface area contributed by atoms with Crippen LogP contribution in [0, 0.1) is 0 Å². The topological polar surface area (TPSA) is 59.2 Å². The monoisotopic (exact) mass is 233 g/mol. The second-order valence-corrected chi connectivity index (χ2v) is 5.22. The van der Waals surface area contributed by atoms with Crippen molar-refractivity contribution >= 4 is 11.6 Å². The largest absolute Gasteiger partial charge is 0.397 e. The van der Waals surface area contributed by atoms with E-state index < -0.39 is 0 Å². The standard InChI is InChI=1S/C13H19N3O/c1-13(2)6-3-7-16(13)12(17)8-11-5-4-10(14)9-15-11/h4-5,9H,3,6-8,14H2,1-2H3. The summed E-state index contributed by atoms with van der Waals surface area (Å²) in [5, 5.41) is 0. The molecule has 0 spiro atoms. The minimum Gasteiger partial charge on any atom is -0.397 e. The Balaban J connectivity index is 2.04. The molecule has 2 N–H and O–H groups in total. The zero-order chi connectivity index (χ0) is 12.5. The average molecular weight is 233 g/mol. The molecule has 0 atom stereocenters. The number of aromatic nitrogens is 1. The predicted molar refractivity (Wildman–Crippen MR) is 67.4 cm³/mol. The van der Waals surface area contributed by atoms with Gasteiger partial charge in [0.2, 0.25) is 5.91 Å². The molecule has 0 unspecified atom stereocenters. The smallest absolute Gasteiger partial charge is 0.229 e. The van der Waals surface area contributed by atoms with Crippen molar-refractivity contribution in [2.75, 3.05) is 12.3 Å². The van der Waals surface area contributed by atoms with Gasteiger partial charge in [-0.15, -0.1) is 0 Å². The molecule has 0 bridgehead atoms. The van der Waals surface area contributed by atoms with Gasteiger partial charge in [-0.1, -0.05) is 0 Å². The molecule has 0 saturated carbocycles. The molecule has 4 heteroatoms. The third-order valence-electron chi connectivity index (χ3n) is 3.38. The van der Waals surface area contributed by atoms with Crippen LogP contribution in [0.4, 0.5) is 5.69 Å². The quantitative estimate of drug-likeness (QED) is 0.844. The van der Waals surface area contributed by atoms with Gasteiger partial charge in [0, 0.05) is 17.8 Å². The van der Waals surface area contributed by atoms with Crippen molar-refractivity contribution in [1.29, 1.82) is 0 Å². The molecule has 1 amide bonds. The van der Waals surface area contributed by atoms with Gasteiger partial charge in [-0.3, -0.25) is 9.78 Å². The molecular weight excluding hydrogens is 214 g/mol. The van der Waals surface area contributed by atoms with Crippen LogP contribution in [0.3, 0.4) is 0 Å². The summed E-state index contributed by atoms with van der Waals surface area (Å²) in [4.78, 5) is 18.3. The lowest BCUT2D eigenvalue weighted by atomic mass is 10.0. The first-order valence-corrected chi connectivity index (χ1v) is 6.00. The number of pyridine rings is 1. The maximum atomic E-state index is 12.2. The van der Waals surface area contributed by atoms with Crippen molar-refractivity contribution in [2.24, 2.45) is 0 Å². The van der Waals surface area contributed by atoms with Crippen LogP contribution in [-0.4, -0.2) is 27.9 Å². The highest BCUT2D eigenvalue weighted by Gasteiger charge is 2.35. The normalized spacial score (nSPS) is 18.4.